The molecule has 6 rings (SSSR count). The fraction of sp³-hybridized carbons (Fsp3) is 0.579. The summed E-state index contributed by atoms with van der Waals surface area (Å²) in [7, 11) is 0. The van der Waals surface area contributed by atoms with Crippen molar-refractivity contribution in [2.24, 2.45) is 23.7 Å². The van der Waals surface area contributed by atoms with Gasteiger partial charge in [-0.2, -0.15) is 0 Å². The standard InChI is InChI=1S/C19H23N3O/c1-12-3-2-8-21-11-17(20-18(12)21)19(23)22-9-15-13-4-5-14(7-6-13)16(15)10-22/h2-3,8,11,13-16H,4-7,9-10H2,1H3/t13?,14?,15-,16+. The third kappa shape index (κ3) is 1.97. The number of fused-ring (bicyclic) bond motifs is 3. The van der Waals surface area contributed by atoms with Crippen LogP contribution in [0.2, 0.25) is 0 Å². The molecule has 4 heteroatoms. The monoisotopic (exact) mass is 309 g/mol. The number of hydrogen-bond donors (Lipinski definition) is 0. The number of pyridine rings is 1. The molecule has 4 aliphatic rings. The summed E-state index contributed by atoms with van der Waals surface area (Å²) < 4.78 is 1.97. The molecule has 120 valence electrons. The molecule has 2 atom stereocenters. The molecule has 0 aromatic carbocycles. The van der Waals surface area contributed by atoms with Crippen LogP contribution >= 0.6 is 0 Å². The second-order valence-corrected chi connectivity index (χ2v) is 7.76. The van der Waals surface area contributed by atoms with E-state index in [-0.39, 0.29) is 5.91 Å². The van der Waals surface area contributed by atoms with Gasteiger partial charge in [-0.05, 0) is 67.9 Å². The second-order valence-electron chi connectivity index (χ2n) is 7.76. The van der Waals surface area contributed by atoms with E-state index in [2.05, 4.69) is 9.88 Å². The molecule has 0 radical (unpaired) electrons. The lowest BCUT2D eigenvalue weighted by Crippen LogP contribution is -2.38. The molecule has 4 nitrogen and oxygen atoms in total. The maximum absolute atomic E-state index is 13.0. The third-order valence-corrected chi connectivity index (χ3v) is 6.62. The molecule has 0 unspecified atom stereocenters. The Morgan fingerprint density at radius 3 is 2.39 bits per heavy atom. The van der Waals surface area contributed by atoms with Gasteiger partial charge in [-0.3, -0.25) is 4.79 Å². The Labute approximate surface area is 136 Å². The van der Waals surface area contributed by atoms with Crippen molar-refractivity contribution in [2.45, 2.75) is 32.6 Å². The molecule has 2 bridgehead atoms. The number of amides is 1. The van der Waals surface area contributed by atoms with Gasteiger partial charge < -0.3 is 9.30 Å². The van der Waals surface area contributed by atoms with Crippen LogP contribution in [0.4, 0.5) is 0 Å². The van der Waals surface area contributed by atoms with E-state index >= 15 is 0 Å². The summed E-state index contributed by atoms with van der Waals surface area (Å²) in [4.78, 5) is 19.6. The van der Waals surface area contributed by atoms with Crippen LogP contribution in [-0.2, 0) is 0 Å². The SMILES string of the molecule is Cc1cccn2cc(C(=O)N3C[C@@H]4C5CCC(CC5)[C@@H]4C3)nc12. The van der Waals surface area contributed by atoms with E-state index in [0.717, 1.165) is 48.0 Å². The average Bonchev–Trinajstić information content (AvgIpc) is 3.21. The number of rotatable bonds is 1. The Bertz CT molecular complexity index is 752. The zero-order valence-electron chi connectivity index (χ0n) is 13.6. The zero-order chi connectivity index (χ0) is 15.6. The highest BCUT2D eigenvalue weighted by Gasteiger charge is 2.49. The number of carbonyl (C=O) groups is 1. The van der Waals surface area contributed by atoms with Gasteiger partial charge in [0, 0.05) is 25.5 Å². The molecule has 1 saturated heterocycles. The molecule has 1 aliphatic heterocycles. The lowest BCUT2D eigenvalue weighted by atomic mass is 9.60. The average molecular weight is 309 g/mol. The maximum Gasteiger partial charge on any atom is 0.274 e. The molecule has 3 aliphatic carbocycles. The number of aryl methyl sites for hydroxylation is 1. The van der Waals surface area contributed by atoms with E-state index in [1.54, 1.807) is 0 Å². The first-order valence-corrected chi connectivity index (χ1v) is 8.94. The van der Waals surface area contributed by atoms with Crippen LogP contribution in [-0.4, -0.2) is 33.3 Å². The topological polar surface area (TPSA) is 37.6 Å². The first-order chi connectivity index (χ1) is 11.2. The first kappa shape index (κ1) is 13.6. The van der Waals surface area contributed by atoms with E-state index < -0.39 is 0 Å². The molecule has 0 N–H and O–H groups in total. The normalized spacial score (nSPS) is 32.5. The van der Waals surface area contributed by atoms with Crippen molar-refractivity contribution in [1.29, 1.82) is 0 Å². The van der Waals surface area contributed by atoms with Crippen molar-refractivity contribution in [3.63, 3.8) is 0 Å². The number of likely N-dealkylation sites (tertiary alicyclic amines) is 1. The minimum absolute atomic E-state index is 0.127. The summed E-state index contributed by atoms with van der Waals surface area (Å²) in [5.41, 5.74) is 2.61. The summed E-state index contributed by atoms with van der Waals surface area (Å²) in [6, 6.07) is 4.04. The van der Waals surface area contributed by atoms with Crippen molar-refractivity contribution >= 4 is 11.6 Å². The Hall–Kier alpha value is -1.84. The molecular weight excluding hydrogens is 286 g/mol. The van der Waals surface area contributed by atoms with Crippen molar-refractivity contribution in [3.05, 3.63) is 35.8 Å². The summed E-state index contributed by atoms with van der Waals surface area (Å²) >= 11 is 0. The van der Waals surface area contributed by atoms with E-state index in [4.69, 9.17) is 0 Å². The summed E-state index contributed by atoms with van der Waals surface area (Å²) in [5, 5.41) is 0. The number of hydrogen-bond acceptors (Lipinski definition) is 2. The van der Waals surface area contributed by atoms with Crippen molar-refractivity contribution < 1.29 is 4.79 Å². The van der Waals surface area contributed by atoms with E-state index in [0.29, 0.717) is 5.69 Å². The number of carbonyl (C=O) groups excluding carboxylic acids is 1. The molecule has 23 heavy (non-hydrogen) atoms. The van der Waals surface area contributed by atoms with Crippen LogP contribution in [0.3, 0.4) is 0 Å². The number of nitrogens with zero attached hydrogens (tertiary/aromatic N) is 3. The van der Waals surface area contributed by atoms with Crippen LogP contribution in [0.25, 0.3) is 5.65 Å². The lowest BCUT2D eigenvalue weighted by molar-refractivity contribution is 0.0577. The Morgan fingerprint density at radius 1 is 1.13 bits per heavy atom. The van der Waals surface area contributed by atoms with E-state index in [1.807, 2.05) is 35.9 Å². The quantitative estimate of drug-likeness (QED) is 0.811. The smallest absolute Gasteiger partial charge is 0.274 e. The Morgan fingerprint density at radius 2 is 1.78 bits per heavy atom. The fourth-order valence-corrected chi connectivity index (χ4v) is 5.44. The van der Waals surface area contributed by atoms with Gasteiger partial charge >= 0.3 is 0 Å². The summed E-state index contributed by atoms with van der Waals surface area (Å²) in [5.74, 6) is 3.37. The Balaban J connectivity index is 1.43. The largest absolute Gasteiger partial charge is 0.337 e. The van der Waals surface area contributed by atoms with Gasteiger partial charge in [0.05, 0.1) is 0 Å². The highest BCUT2D eigenvalue weighted by molar-refractivity contribution is 5.93. The summed E-state index contributed by atoms with van der Waals surface area (Å²) in [6.45, 7) is 3.95. The highest BCUT2D eigenvalue weighted by Crippen LogP contribution is 2.51. The molecule has 3 heterocycles. The van der Waals surface area contributed by atoms with Crippen LogP contribution in [0.5, 0.6) is 0 Å². The second kappa shape index (κ2) is 4.83. The highest BCUT2D eigenvalue weighted by atomic mass is 16.2. The third-order valence-electron chi connectivity index (χ3n) is 6.62. The van der Waals surface area contributed by atoms with Gasteiger partial charge in [0.25, 0.3) is 5.91 Å². The van der Waals surface area contributed by atoms with Gasteiger partial charge in [0.15, 0.2) is 0 Å². The maximum atomic E-state index is 13.0. The minimum Gasteiger partial charge on any atom is -0.337 e. The number of imidazole rings is 1. The van der Waals surface area contributed by atoms with Crippen LogP contribution in [0.1, 0.15) is 41.7 Å². The summed E-state index contributed by atoms with van der Waals surface area (Å²) in [6.07, 6.45) is 9.42. The molecule has 2 aromatic heterocycles. The lowest BCUT2D eigenvalue weighted by Gasteiger charge is -2.44. The van der Waals surface area contributed by atoms with Crippen molar-refractivity contribution in [2.75, 3.05) is 13.1 Å². The fourth-order valence-electron chi connectivity index (χ4n) is 5.44. The van der Waals surface area contributed by atoms with Gasteiger partial charge in [0.1, 0.15) is 11.3 Å². The molecule has 1 amide bonds. The van der Waals surface area contributed by atoms with Crippen LogP contribution < -0.4 is 0 Å². The van der Waals surface area contributed by atoms with Gasteiger partial charge in [-0.1, -0.05) is 6.07 Å². The molecular formula is C19H23N3O. The molecule has 2 aromatic rings. The van der Waals surface area contributed by atoms with E-state index in [9.17, 15) is 4.79 Å². The van der Waals surface area contributed by atoms with Crippen LogP contribution in [0.15, 0.2) is 24.5 Å². The predicted octanol–water partition coefficient (Wildman–Crippen LogP) is 3.15. The molecule has 0 spiro atoms. The molecule has 3 saturated carbocycles. The van der Waals surface area contributed by atoms with Gasteiger partial charge in [0.2, 0.25) is 0 Å². The van der Waals surface area contributed by atoms with Crippen molar-refractivity contribution in [3.8, 4) is 0 Å². The van der Waals surface area contributed by atoms with E-state index in [1.165, 1.54) is 25.7 Å². The zero-order valence-corrected chi connectivity index (χ0v) is 13.6. The van der Waals surface area contributed by atoms with Crippen LogP contribution in [0, 0.1) is 30.6 Å². The number of aromatic nitrogens is 2. The molecule has 4 fully saturated rings. The Kier molecular flexibility index (Phi) is 2.85. The predicted molar refractivity (Wildman–Crippen MR) is 88.3 cm³/mol. The van der Waals surface area contributed by atoms with Gasteiger partial charge in [-0.15, -0.1) is 0 Å². The van der Waals surface area contributed by atoms with Gasteiger partial charge in [-0.25, -0.2) is 4.98 Å². The minimum atomic E-state index is 0.127. The van der Waals surface area contributed by atoms with Crippen molar-refractivity contribution in [1.82, 2.24) is 14.3 Å². The first-order valence-electron chi connectivity index (χ1n) is 8.94.